The van der Waals surface area contributed by atoms with Gasteiger partial charge in [0.1, 0.15) is 0 Å². The molecule has 2 N–H and O–H groups in total. The molecule has 0 aromatic heterocycles. The van der Waals surface area contributed by atoms with Crippen molar-refractivity contribution in [3.63, 3.8) is 0 Å². The fourth-order valence-electron chi connectivity index (χ4n) is 2.06. The lowest BCUT2D eigenvalue weighted by Crippen LogP contribution is -2.46. The molecule has 98 valence electrons. The topological polar surface area (TPSA) is 69.6 Å². The monoisotopic (exact) mass is 242 g/mol. The number of rotatable bonds is 4. The van der Waals surface area contributed by atoms with Gasteiger partial charge in [0.15, 0.2) is 0 Å². The van der Waals surface area contributed by atoms with Crippen molar-refractivity contribution >= 4 is 11.9 Å². The summed E-state index contributed by atoms with van der Waals surface area (Å²) in [5.74, 6) is -0.844. The number of hydrogen-bond donors (Lipinski definition) is 2. The average Bonchev–Trinajstić information content (AvgIpc) is 2.24. The summed E-state index contributed by atoms with van der Waals surface area (Å²) in [4.78, 5) is 24.0. The van der Waals surface area contributed by atoms with Crippen molar-refractivity contribution in [3.8, 4) is 0 Å². The SMILES string of the molecule is CN(CCC(=O)O)C(=O)C1CCCCCCN1. The van der Waals surface area contributed by atoms with Gasteiger partial charge in [-0.25, -0.2) is 0 Å². The molecule has 0 aromatic rings. The highest BCUT2D eigenvalue weighted by atomic mass is 16.4. The van der Waals surface area contributed by atoms with Gasteiger partial charge in [0, 0.05) is 13.6 Å². The van der Waals surface area contributed by atoms with Crippen molar-refractivity contribution in [1.82, 2.24) is 10.2 Å². The number of nitrogens with zero attached hydrogens (tertiary/aromatic N) is 1. The lowest BCUT2D eigenvalue weighted by molar-refractivity contribution is -0.138. The Balaban J connectivity index is 2.39. The number of likely N-dealkylation sites (N-methyl/N-ethyl adjacent to an activating group) is 1. The molecule has 1 rings (SSSR count). The molecule has 1 unspecified atom stereocenters. The third kappa shape index (κ3) is 5.17. The van der Waals surface area contributed by atoms with Gasteiger partial charge in [0.2, 0.25) is 5.91 Å². The fourth-order valence-corrected chi connectivity index (χ4v) is 2.06. The van der Waals surface area contributed by atoms with Gasteiger partial charge in [-0.15, -0.1) is 0 Å². The van der Waals surface area contributed by atoms with Gasteiger partial charge in [-0.05, 0) is 19.4 Å². The van der Waals surface area contributed by atoms with Crippen LogP contribution in [0, 0.1) is 0 Å². The van der Waals surface area contributed by atoms with Gasteiger partial charge in [0.05, 0.1) is 12.5 Å². The Kier molecular flexibility index (Phi) is 5.97. The van der Waals surface area contributed by atoms with Crippen LogP contribution in [0.5, 0.6) is 0 Å². The lowest BCUT2D eigenvalue weighted by atomic mass is 10.0. The first-order chi connectivity index (χ1) is 8.11. The van der Waals surface area contributed by atoms with E-state index in [2.05, 4.69) is 5.32 Å². The van der Waals surface area contributed by atoms with Crippen molar-refractivity contribution in [2.24, 2.45) is 0 Å². The first kappa shape index (κ1) is 14.0. The zero-order valence-corrected chi connectivity index (χ0v) is 10.4. The molecule has 0 saturated carbocycles. The van der Waals surface area contributed by atoms with Crippen molar-refractivity contribution in [2.75, 3.05) is 20.1 Å². The summed E-state index contributed by atoms with van der Waals surface area (Å²) < 4.78 is 0. The van der Waals surface area contributed by atoms with Crippen LogP contribution in [0.3, 0.4) is 0 Å². The molecule has 0 spiro atoms. The van der Waals surface area contributed by atoms with Crippen LogP contribution >= 0.6 is 0 Å². The quantitative estimate of drug-likeness (QED) is 0.766. The largest absolute Gasteiger partial charge is 0.481 e. The Morgan fingerprint density at radius 3 is 2.71 bits per heavy atom. The normalized spacial score (nSPS) is 21.4. The maximum atomic E-state index is 12.0. The first-order valence-corrected chi connectivity index (χ1v) is 6.31. The van der Waals surface area contributed by atoms with E-state index in [0.717, 1.165) is 25.8 Å². The Morgan fingerprint density at radius 2 is 2.00 bits per heavy atom. The lowest BCUT2D eigenvalue weighted by Gasteiger charge is -2.25. The molecule has 1 aliphatic rings. The van der Waals surface area contributed by atoms with Crippen LogP contribution in [0.1, 0.15) is 38.5 Å². The summed E-state index contributed by atoms with van der Waals surface area (Å²) in [7, 11) is 1.67. The Labute approximate surface area is 102 Å². The van der Waals surface area contributed by atoms with Gasteiger partial charge in [0.25, 0.3) is 0 Å². The zero-order chi connectivity index (χ0) is 12.7. The average molecular weight is 242 g/mol. The number of hydrogen-bond acceptors (Lipinski definition) is 3. The summed E-state index contributed by atoms with van der Waals surface area (Å²) >= 11 is 0. The van der Waals surface area contributed by atoms with E-state index >= 15 is 0 Å². The van der Waals surface area contributed by atoms with Crippen molar-refractivity contribution in [3.05, 3.63) is 0 Å². The van der Waals surface area contributed by atoms with Crippen LogP contribution in [0.4, 0.5) is 0 Å². The van der Waals surface area contributed by atoms with E-state index < -0.39 is 5.97 Å². The molecular formula is C12H22N2O3. The van der Waals surface area contributed by atoms with Crippen LogP contribution in [-0.2, 0) is 9.59 Å². The highest BCUT2D eigenvalue weighted by Gasteiger charge is 2.22. The molecule has 5 heteroatoms. The Bertz CT molecular complexity index is 260. The third-order valence-corrected chi connectivity index (χ3v) is 3.15. The van der Waals surface area contributed by atoms with E-state index in [0.29, 0.717) is 0 Å². The molecule has 1 heterocycles. The second kappa shape index (κ2) is 7.27. The minimum Gasteiger partial charge on any atom is -0.481 e. The minimum atomic E-state index is -0.865. The fraction of sp³-hybridized carbons (Fsp3) is 0.833. The molecule has 0 bridgehead atoms. The van der Waals surface area contributed by atoms with Crippen molar-refractivity contribution in [1.29, 1.82) is 0 Å². The second-order valence-electron chi connectivity index (χ2n) is 4.61. The van der Waals surface area contributed by atoms with Crippen LogP contribution in [0.15, 0.2) is 0 Å². The molecule has 1 atom stereocenters. The zero-order valence-electron chi connectivity index (χ0n) is 10.4. The summed E-state index contributed by atoms with van der Waals surface area (Å²) in [5, 5.41) is 11.8. The maximum absolute atomic E-state index is 12.0. The van der Waals surface area contributed by atoms with E-state index in [1.165, 1.54) is 17.7 Å². The van der Waals surface area contributed by atoms with Crippen molar-refractivity contribution < 1.29 is 14.7 Å². The van der Waals surface area contributed by atoms with E-state index in [9.17, 15) is 9.59 Å². The van der Waals surface area contributed by atoms with Gasteiger partial charge >= 0.3 is 5.97 Å². The second-order valence-corrected chi connectivity index (χ2v) is 4.61. The molecule has 1 saturated heterocycles. The number of carbonyl (C=O) groups excluding carboxylic acids is 1. The standard InChI is InChI=1S/C12H22N2O3/c1-14(9-7-11(15)16)12(17)10-6-4-2-3-5-8-13-10/h10,13H,2-9H2,1H3,(H,15,16). The van der Waals surface area contributed by atoms with E-state index in [1.54, 1.807) is 7.05 Å². The summed E-state index contributed by atoms with van der Waals surface area (Å²) in [6.45, 7) is 1.16. The maximum Gasteiger partial charge on any atom is 0.305 e. The van der Waals surface area contributed by atoms with Crippen molar-refractivity contribution in [2.45, 2.75) is 44.6 Å². The van der Waals surface area contributed by atoms with Gasteiger partial charge < -0.3 is 15.3 Å². The molecular weight excluding hydrogens is 220 g/mol. The molecule has 1 aliphatic heterocycles. The molecule has 5 nitrogen and oxygen atoms in total. The number of carbonyl (C=O) groups is 2. The Morgan fingerprint density at radius 1 is 1.29 bits per heavy atom. The van der Waals surface area contributed by atoms with E-state index in [4.69, 9.17) is 5.11 Å². The molecule has 0 radical (unpaired) electrons. The van der Waals surface area contributed by atoms with Gasteiger partial charge in [-0.2, -0.15) is 0 Å². The first-order valence-electron chi connectivity index (χ1n) is 6.31. The van der Waals surface area contributed by atoms with Gasteiger partial charge in [-0.1, -0.05) is 19.3 Å². The summed E-state index contributed by atoms with van der Waals surface area (Å²) in [6, 6.07) is -0.130. The number of carboxylic acid groups (broad SMARTS) is 1. The van der Waals surface area contributed by atoms with Crippen LogP contribution in [-0.4, -0.2) is 48.1 Å². The van der Waals surface area contributed by atoms with Crippen LogP contribution in [0.2, 0.25) is 0 Å². The highest BCUT2D eigenvalue weighted by molar-refractivity contribution is 5.82. The molecule has 1 fully saturated rings. The number of carboxylic acids is 1. The predicted molar refractivity (Wildman–Crippen MR) is 64.8 cm³/mol. The predicted octanol–water partition coefficient (Wildman–Crippen LogP) is 0.842. The number of aliphatic carboxylic acids is 1. The van der Waals surface area contributed by atoms with E-state index in [1.807, 2.05) is 0 Å². The molecule has 0 aromatic carbocycles. The number of amides is 1. The number of nitrogens with one attached hydrogen (secondary N) is 1. The minimum absolute atomic E-state index is 0.00889. The molecule has 1 amide bonds. The van der Waals surface area contributed by atoms with Gasteiger partial charge in [-0.3, -0.25) is 9.59 Å². The van der Waals surface area contributed by atoms with E-state index in [-0.39, 0.29) is 24.9 Å². The van der Waals surface area contributed by atoms with Crippen LogP contribution in [0.25, 0.3) is 0 Å². The third-order valence-electron chi connectivity index (χ3n) is 3.15. The van der Waals surface area contributed by atoms with Crippen LogP contribution < -0.4 is 5.32 Å². The highest BCUT2D eigenvalue weighted by Crippen LogP contribution is 2.11. The Hall–Kier alpha value is -1.10. The smallest absolute Gasteiger partial charge is 0.305 e. The summed E-state index contributed by atoms with van der Waals surface area (Å²) in [6.07, 6.45) is 5.46. The molecule has 0 aliphatic carbocycles. The summed E-state index contributed by atoms with van der Waals surface area (Å²) in [5.41, 5.74) is 0. The molecule has 17 heavy (non-hydrogen) atoms.